The molecule has 0 aromatic carbocycles. The van der Waals surface area contributed by atoms with E-state index in [2.05, 4.69) is 15.5 Å². The fourth-order valence-electron chi connectivity index (χ4n) is 2.87. The minimum atomic E-state index is 0.0291. The molecule has 104 valence electrons. The second-order valence-electron chi connectivity index (χ2n) is 5.25. The van der Waals surface area contributed by atoms with Crippen LogP contribution in [-0.2, 0) is 4.74 Å². The van der Waals surface area contributed by atoms with Crippen LogP contribution < -0.4 is 5.32 Å². The minimum Gasteiger partial charge on any atom is -0.379 e. The number of aromatic amines is 1. The Kier molecular flexibility index (Phi) is 3.68. The third kappa shape index (κ3) is 2.73. The number of hydrogen-bond donors (Lipinski definition) is 2. The molecule has 1 aromatic heterocycles. The second-order valence-corrected chi connectivity index (χ2v) is 5.25. The number of hydrogen-bond acceptors (Lipinski definition) is 3. The van der Waals surface area contributed by atoms with Crippen molar-refractivity contribution in [1.29, 1.82) is 0 Å². The zero-order chi connectivity index (χ0) is 13.1. The molecular formula is C13H20N4O2. The Balaban J connectivity index is 1.67. The van der Waals surface area contributed by atoms with E-state index in [0.29, 0.717) is 6.61 Å². The van der Waals surface area contributed by atoms with Crippen LogP contribution in [0.5, 0.6) is 0 Å². The summed E-state index contributed by atoms with van der Waals surface area (Å²) in [6.07, 6.45) is 7.85. The maximum atomic E-state index is 12.4. The van der Waals surface area contributed by atoms with Crippen LogP contribution in [0.25, 0.3) is 0 Å². The maximum Gasteiger partial charge on any atom is 0.318 e. The van der Waals surface area contributed by atoms with Crippen molar-refractivity contribution in [3.8, 4) is 0 Å². The molecule has 3 rings (SSSR count). The molecule has 2 fully saturated rings. The molecule has 0 radical (unpaired) electrons. The van der Waals surface area contributed by atoms with E-state index in [1.807, 2.05) is 17.3 Å². The van der Waals surface area contributed by atoms with Crippen molar-refractivity contribution in [3.63, 3.8) is 0 Å². The lowest BCUT2D eigenvalue weighted by molar-refractivity contribution is 0.145. The van der Waals surface area contributed by atoms with Crippen molar-refractivity contribution in [2.24, 2.45) is 0 Å². The summed E-state index contributed by atoms with van der Waals surface area (Å²) >= 11 is 0. The van der Waals surface area contributed by atoms with Gasteiger partial charge in [0.25, 0.3) is 0 Å². The van der Waals surface area contributed by atoms with E-state index in [0.717, 1.165) is 44.4 Å². The first-order chi connectivity index (χ1) is 9.34. The highest BCUT2D eigenvalue weighted by Crippen LogP contribution is 2.30. The van der Waals surface area contributed by atoms with E-state index < -0.39 is 0 Å². The third-order valence-corrected chi connectivity index (χ3v) is 3.93. The summed E-state index contributed by atoms with van der Waals surface area (Å²) in [5.74, 6) is 0. The molecule has 0 bridgehead atoms. The molecule has 2 amide bonds. The number of urea groups is 1. The molecule has 19 heavy (non-hydrogen) atoms. The van der Waals surface area contributed by atoms with Crippen LogP contribution in [0.1, 0.15) is 37.3 Å². The first-order valence-corrected chi connectivity index (χ1v) is 6.98. The van der Waals surface area contributed by atoms with Crippen LogP contribution in [0.15, 0.2) is 12.4 Å². The molecule has 2 aliphatic rings. The van der Waals surface area contributed by atoms with Gasteiger partial charge in [-0.2, -0.15) is 5.10 Å². The van der Waals surface area contributed by atoms with Gasteiger partial charge in [-0.05, 0) is 25.7 Å². The second kappa shape index (κ2) is 5.61. The van der Waals surface area contributed by atoms with E-state index in [1.165, 1.54) is 0 Å². The first-order valence-electron chi connectivity index (χ1n) is 6.98. The largest absolute Gasteiger partial charge is 0.379 e. The number of H-pyrrole nitrogens is 1. The molecule has 0 aliphatic carbocycles. The summed E-state index contributed by atoms with van der Waals surface area (Å²) < 4.78 is 5.30. The maximum absolute atomic E-state index is 12.4. The lowest BCUT2D eigenvalue weighted by Gasteiger charge is -2.35. The molecular weight excluding hydrogens is 244 g/mol. The van der Waals surface area contributed by atoms with Crippen LogP contribution >= 0.6 is 0 Å². The Morgan fingerprint density at radius 3 is 3.16 bits per heavy atom. The molecule has 0 saturated carbocycles. The molecule has 6 nitrogen and oxygen atoms in total. The van der Waals surface area contributed by atoms with Crippen molar-refractivity contribution >= 4 is 6.03 Å². The predicted molar refractivity (Wildman–Crippen MR) is 69.6 cm³/mol. The van der Waals surface area contributed by atoms with Gasteiger partial charge in [0.1, 0.15) is 0 Å². The van der Waals surface area contributed by atoms with Crippen LogP contribution in [0.2, 0.25) is 0 Å². The van der Waals surface area contributed by atoms with E-state index in [4.69, 9.17) is 4.74 Å². The highest BCUT2D eigenvalue weighted by molar-refractivity contribution is 5.75. The number of likely N-dealkylation sites (tertiary alicyclic amines) is 1. The van der Waals surface area contributed by atoms with Crippen molar-refractivity contribution < 1.29 is 9.53 Å². The zero-order valence-electron chi connectivity index (χ0n) is 11.0. The number of piperidine rings is 1. The summed E-state index contributed by atoms with van der Waals surface area (Å²) in [6.45, 7) is 2.20. The molecule has 0 spiro atoms. The van der Waals surface area contributed by atoms with Crippen molar-refractivity contribution in [2.45, 2.75) is 37.8 Å². The number of carbonyl (C=O) groups excluding carboxylic acids is 1. The Bertz CT molecular complexity index is 414. The van der Waals surface area contributed by atoms with Crippen LogP contribution in [0.3, 0.4) is 0 Å². The fraction of sp³-hybridized carbons (Fsp3) is 0.692. The number of aromatic nitrogens is 2. The fourth-order valence-corrected chi connectivity index (χ4v) is 2.87. The summed E-state index contributed by atoms with van der Waals surface area (Å²) in [5, 5.41) is 9.89. The number of ether oxygens (including phenoxy) is 1. The van der Waals surface area contributed by atoms with Crippen LogP contribution in [-0.4, -0.2) is 46.9 Å². The number of rotatable bonds is 2. The summed E-state index contributed by atoms with van der Waals surface area (Å²) in [4.78, 5) is 14.3. The van der Waals surface area contributed by atoms with Gasteiger partial charge >= 0.3 is 6.03 Å². The topological polar surface area (TPSA) is 70.2 Å². The van der Waals surface area contributed by atoms with Crippen molar-refractivity contribution in [2.75, 3.05) is 19.8 Å². The predicted octanol–water partition coefficient (Wildman–Crippen LogP) is 1.44. The standard InChI is InChI=1S/C13H20N4O2/c18-13(16-11-4-6-19-9-11)17-5-2-1-3-12(17)10-7-14-15-8-10/h7-8,11-12H,1-6,9H2,(H,14,15)(H,16,18)/t11-,12-/m1/s1. The Labute approximate surface area is 112 Å². The molecule has 6 heteroatoms. The van der Waals surface area contributed by atoms with E-state index >= 15 is 0 Å². The quantitative estimate of drug-likeness (QED) is 0.849. The first kappa shape index (κ1) is 12.5. The van der Waals surface area contributed by atoms with Gasteiger partial charge in [-0.1, -0.05) is 0 Å². The van der Waals surface area contributed by atoms with E-state index in [1.54, 1.807) is 0 Å². The zero-order valence-corrected chi connectivity index (χ0v) is 11.0. The lowest BCUT2D eigenvalue weighted by Crippen LogP contribution is -2.48. The normalized spacial score (nSPS) is 27.5. The average Bonchev–Trinajstić information content (AvgIpc) is 3.11. The Morgan fingerprint density at radius 1 is 1.47 bits per heavy atom. The average molecular weight is 264 g/mol. The summed E-state index contributed by atoms with van der Waals surface area (Å²) in [6, 6.07) is 0.343. The molecule has 2 N–H and O–H groups in total. The highest BCUT2D eigenvalue weighted by Gasteiger charge is 2.30. The number of amides is 2. The number of carbonyl (C=O) groups is 1. The van der Waals surface area contributed by atoms with Gasteiger partial charge in [0, 0.05) is 24.9 Å². The smallest absolute Gasteiger partial charge is 0.318 e. The van der Waals surface area contributed by atoms with Gasteiger partial charge in [-0.25, -0.2) is 4.79 Å². The monoisotopic (exact) mass is 264 g/mol. The van der Waals surface area contributed by atoms with Crippen molar-refractivity contribution in [1.82, 2.24) is 20.4 Å². The van der Waals surface area contributed by atoms with Crippen LogP contribution in [0, 0.1) is 0 Å². The number of nitrogens with zero attached hydrogens (tertiary/aromatic N) is 2. The van der Waals surface area contributed by atoms with E-state index in [9.17, 15) is 4.79 Å². The van der Waals surface area contributed by atoms with E-state index in [-0.39, 0.29) is 18.1 Å². The van der Waals surface area contributed by atoms with Gasteiger partial charge in [0.2, 0.25) is 0 Å². The third-order valence-electron chi connectivity index (χ3n) is 3.93. The van der Waals surface area contributed by atoms with Gasteiger partial charge in [-0.3, -0.25) is 5.10 Å². The number of nitrogens with one attached hydrogen (secondary N) is 2. The van der Waals surface area contributed by atoms with Gasteiger partial charge in [0.05, 0.1) is 24.9 Å². The van der Waals surface area contributed by atoms with Crippen LogP contribution in [0.4, 0.5) is 4.79 Å². The molecule has 2 aliphatic heterocycles. The molecule has 1 aromatic rings. The summed E-state index contributed by atoms with van der Waals surface area (Å²) in [7, 11) is 0. The Morgan fingerprint density at radius 2 is 2.42 bits per heavy atom. The molecule has 3 heterocycles. The Hall–Kier alpha value is -1.56. The van der Waals surface area contributed by atoms with Gasteiger partial charge in [-0.15, -0.1) is 0 Å². The van der Waals surface area contributed by atoms with Crippen molar-refractivity contribution in [3.05, 3.63) is 18.0 Å². The van der Waals surface area contributed by atoms with Gasteiger partial charge in [0.15, 0.2) is 0 Å². The highest BCUT2D eigenvalue weighted by atomic mass is 16.5. The molecule has 2 atom stereocenters. The molecule has 2 saturated heterocycles. The van der Waals surface area contributed by atoms with Gasteiger partial charge < -0.3 is 15.0 Å². The SMILES string of the molecule is O=C(N[C@@H]1CCOC1)N1CCCC[C@@H]1c1cn[nH]c1. The minimum absolute atomic E-state index is 0.0291. The summed E-state index contributed by atoms with van der Waals surface area (Å²) in [5.41, 5.74) is 1.09. The molecule has 0 unspecified atom stereocenters. The lowest BCUT2D eigenvalue weighted by atomic mass is 9.98.